The first-order valence-corrected chi connectivity index (χ1v) is 7.75. The van der Waals surface area contributed by atoms with Gasteiger partial charge in [0.25, 0.3) is 5.91 Å². The Labute approximate surface area is 134 Å². The largest absolute Gasteiger partial charge is 0.369 e. The Morgan fingerprint density at radius 2 is 1.87 bits per heavy atom. The molecule has 1 aromatic rings. The molecule has 122 valence electrons. The summed E-state index contributed by atoms with van der Waals surface area (Å²) in [7, 11) is 0. The number of amides is 3. The van der Waals surface area contributed by atoms with Crippen LogP contribution in [0.25, 0.3) is 0 Å². The quantitative estimate of drug-likeness (QED) is 0.808. The van der Waals surface area contributed by atoms with Crippen molar-refractivity contribution in [3.63, 3.8) is 0 Å². The molecule has 2 heterocycles. The Kier molecular flexibility index (Phi) is 4.29. The zero-order valence-corrected chi connectivity index (χ0v) is 12.9. The summed E-state index contributed by atoms with van der Waals surface area (Å²) in [6, 6.07) is 5.42. The number of carbonyl (C=O) groups is 3. The lowest BCUT2D eigenvalue weighted by Gasteiger charge is -2.34. The van der Waals surface area contributed by atoms with Gasteiger partial charge in [-0.3, -0.25) is 19.3 Å². The van der Waals surface area contributed by atoms with Gasteiger partial charge in [-0.1, -0.05) is 0 Å². The number of rotatable bonds is 3. The molecular weight excluding hydrogens is 296 g/mol. The summed E-state index contributed by atoms with van der Waals surface area (Å²) < 4.78 is 0. The van der Waals surface area contributed by atoms with Gasteiger partial charge < -0.3 is 16.0 Å². The Hall–Kier alpha value is -2.41. The Morgan fingerprint density at radius 3 is 2.57 bits per heavy atom. The number of nitrogens with two attached hydrogens (primary N) is 1. The molecule has 0 aliphatic carbocycles. The van der Waals surface area contributed by atoms with Crippen LogP contribution in [0.1, 0.15) is 22.3 Å². The van der Waals surface area contributed by atoms with Crippen molar-refractivity contribution in [2.75, 3.05) is 38.0 Å². The monoisotopic (exact) mass is 316 g/mol. The van der Waals surface area contributed by atoms with Crippen LogP contribution in [-0.2, 0) is 16.0 Å². The summed E-state index contributed by atoms with van der Waals surface area (Å²) in [5.74, 6) is -0.341. The minimum atomic E-state index is -0.346. The SMILES string of the molecule is NC(=O)CN1CCN(C(=O)c2ccc3c(c2)CCC(=O)N3)CC1. The molecule has 0 aromatic heterocycles. The van der Waals surface area contributed by atoms with Gasteiger partial charge in [0, 0.05) is 43.9 Å². The van der Waals surface area contributed by atoms with Crippen molar-refractivity contribution in [3.8, 4) is 0 Å². The van der Waals surface area contributed by atoms with E-state index in [1.54, 1.807) is 17.0 Å². The molecule has 7 nitrogen and oxygen atoms in total. The lowest BCUT2D eigenvalue weighted by atomic mass is 10.00. The van der Waals surface area contributed by atoms with Crippen LogP contribution in [0.3, 0.4) is 0 Å². The summed E-state index contributed by atoms with van der Waals surface area (Å²) in [5.41, 5.74) is 7.63. The fourth-order valence-corrected chi connectivity index (χ4v) is 3.03. The van der Waals surface area contributed by atoms with E-state index in [9.17, 15) is 14.4 Å². The number of anilines is 1. The summed E-state index contributed by atoms with van der Waals surface area (Å²) in [6.45, 7) is 2.70. The Bertz CT molecular complexity index is 651. The molecule has 1 fully saturated rings. The molecule has 3 N–H and O–H groups in total. The van der Waals surface area contributed by atoms with Crippen LogP contribution in [0.15, 0.2) is 18.2 Å². The molecule has 1 saturated heterocycles. The second-order valence-electron chi connectivity index (χ2n) is 5.95. The van der Waals surface area contributed by atoms with Crippen LogP contribution >= 0.6 is 0 Å². The molecule has 3 amide bonds. The molecule has 23 heavy (non-hydrogen) atoms. The van der Waals surface area contributed by atoms with Gasteiger partial charge in [-0.2, -0.15) is 0 Å². The molecule has 0 spiro atoms. The van der Waals surface area contributed by atoms with E-state index in [-0.39, 0.29) is 24.3 Å². The summed E-state index contributed by atoms with van der Waals surface area (Å²) >= 11 is 0. The molecule has 0 radical (unpaired) electrons. The van der Waals surface area contributed by atoms with Gasteiger partial charge in [-0.15, -0.1) is 0 Å². The van der Waals surface area contributed by atoms with Gasteiger partial charge in [-0.25, -0.2) is 0 Å². The third-order valence-corrected chi connectivity index (χ3v) is 4.29. The van der Waals surface area contributed by atoms with Crippen LogP contribution in [0, 0.1) is 0 Å². The number of benzene rings is 1. The highest BCUT2D eigenvalue weighted by molar-refractivity contribution is 5.98. The van der Waals surface area contributed by atoms with Gasteiger partial charge in [0.2, 0.25) is 11.8 Å². The molecule has 1 aromatic carbocycles. The fraction of sp³-hybridized carbons (Fsp3) is 0.438. The zero-order valence-electron chi connectivity index (χ0n) is 12.9. The first kappa shape index (κ1) is 15.5. The van der Waals surface area contributed by atoms with E-state index >= 15 is 0 Å². The maximum absolute atomic E-state index is 12.6. The highest BCUT2D eigenvalue weighted by atomic mass is 16.2. The average Bonchev–Trinajstić information content (AvgIpc) is 2.54. The number of hydrogen-bond donors (Lipinski definition) is 2. The first-order valence-electron chi connectivity index (χ1n) is 7.75. The second-order valence-corrected chi connectivity index (χ2v) is 5.95. The van der Waals surface area contributed by atoms with Crippen LogP contribution in [0.5, 0.6) is 0 Å². The lowest BCUT2D eigenvalue weighted by Crippen LogP contribution is -2.50. The molecule has 0 unspecified atom stereocenters. The first-order chi connectivity index (χ1) is 11.0. The number of hydrogen-bond acceptors (Lipinski definition) is 4. The van der Waals surface area contributed by atoms with Gasteiger partial charge in [0.05, 0.1) is 6.54 Å². The van der Waals surface area contributed by atoms with E-state index in [0.717, 1.165) is 11.3 Å². The average molecular weight is 316 g/mol. The summed E-state index contributed by atoms with van der Waals surface area (Å²) in [5, 5.41) is 2.82. The van der Waals surface area contributed by atoms with Crippen molar-refractivity contribution in [2.45, 2.75) is 12.8 Å². The van der Waals surface area contributed by atoms with Crippen molar-refractivity contribution in [1.29, 1.82) is 0 Å². The van der Waals surface area contributed by atoms with Gasteiger partial charge in [-0.05, 0) is 30.2 Å². The highest BCUT2D eigenvalue weighted by Gasteiger charge is 2.24. The molecule has 0 atom stereocenters. The van der Waals surface area contributed by atoms with Crippen LogP contribution in [-0.4, -0.2) is 60.2 Å². The fourth-order valence-electron chi connectivity index (χ4n) is 3.03. The number of fused-ring (bicyclic) bond motifs is 1. The lowest BCUT2D eigenvalue weighted by molar-refractivity contribution is -0.119. The Morgan fingerprint density at radius 1 is 1.13 bits per heavy atom. The van der Waals surface area contributed by atoms with Gasteiger partial charge in [0.15, 0.2) is 0 Å². The molecule has 2 aliphatic rings. The van der Waals surface area contributed by atoms with Crippen LogP contribution < -0.4 is 11.1 Å². The summed E-state index contributed by atoms with van der Waals surface area (Å²) in [6.07, 6.45) is 1.12. The number of piperazine rings is 1. The van der Waals surface area contributed by atoms with E-state index < -0.39 is 0 Å². The minimum absolute atomic E-state index is 0.0107. The Balaban J connectivity index is 1.65. The molecule has 0 bridgehead atoms. The highest BCUT2D eigenvalue weighted by Crippen LogP contribution is 2.24. The van der Waals surface area contributed by atoms with Crippen molar-refractivity contribution in [3.05, 3.63) is 29.3 Å². The maximum Gasteiger partial charge on any atom is 0.253 e. The van der Waals surface area contributed by atoms with Gasteiger partial charge >= 0.3 is 0 Å². The number of aryl methyl sites for hydroxylation is 1. The van der Waals surface area contributed by atoms with Crippen LogP contribution in [0.4, 0.5) is 5.69 Å². The minimum Gasteiger partial charge on any atom is -0.369 e. The molecule has 3 rings (SSSR count). The van der Waals surface area contributed by atoms with Crippen molar-refractivity contribution < 1.29 is 14.4 Å². The predicted octanol–water partition coefficient (Wildman–Crippen LogP) is -0.186. The zero-order chi connectivity index (χ0) is 16.4. The molecule has 2 aliphatic heterocycles. The maximum atomic E-state index is 12.6. The molecule has 0 saturated carbocycles. The number of primary amides is 1. The normalized spacial score (nSPS) is 18.3. The van der Waals surface area contributed by atoms with E-state index in [1.165, 1.54) is 0 Å². The predicted molar refractivity (Wildman–Crippen MR) is 84.9 cm³/mol. The van der Waals surface area contributed by atoms with Crippen molar-refractivity contribution >= 4 is 23.4 Å². The smallest absolute Gasteiger partial charge is 0.253 e. The number of nitrogens with one attached hydrogen (secondary N) is 1. The van der Waals surface area contributed by atoms with E-state index in [0.29, 0.717) is 44.6 Å². The second kappa shape index (κ2) is 6.37. The van der Waals surface area contributed by atoms with E-state index in [4.69, 9.17) is 5.73 Å². The third-order valence-electron chi connectivity index (χ3n) is 4.29. The molecular formula is C16H20N4O3. The van der Waals surface area contributed by atoms with Gasteiger partial charge in [0.1, 0.15) is 0 Å². The van der Waals surface area contributed by atoms with Crippen molar-refractivity contribution in [1.82, 2.24) is 9.80 Å². The summed E-state index contributed by atoms with van der Waals surface area (Å²) in [4.78, 5) is 38.7. The third kappa shape index (κ3) is 3.50. The topological polar surface area (TPSA) is 95.7 Å². The van der Waals surface area contributed by atoms with Crippen LogP contribution in [0.2, 0.25) is 0 Å². The molecule has 7 heteroatoms. The van der Waals surface area contributed by atoms with Crippen molar-refractivity contribution in [2.24, 2.45) is 5.73 Å². The standard InChI is InChI=1S/C16H20N4O3/c17-14(21)10-19-5-7-20(8-6-19)16(23)12-1-3-13-11(9-12)2-4-15(22)18-13/h1,3,9H,2,4-8,10H2,(H2,17,21)(H,18,22). The number of carbonyl (C=O) groups excluding carboxylic acids is 3. The van der Waals surface area contributed by atoms with E-state index in [1.807, 2.05) is 11.0 Å². The number of nitrogens with zero attached hydrogens (tertiary/aromatic N) is 2. The van der Waals surface area contributed by atoms with E-state index in [2.05, 4.69) is 5.32 Å².